The summed E-state index contributed by atoms with van der Waals surface area (Å²) < 4.78 is 0. The molecule has 1 unspecified atom stereocenters. The average Bonchev–Trinajstić information content (AvgIpc) is 2.78. The van der Waals surface area contributed by atoms with E-state index in [1.54, 1.807) is 4.90 Å². The minimum atomic E-state index is -0.0573. The van der Waals surface area contributed by atoms with E-state index in [-0.39, 0.29) is 18.1 Å². The number of benzene rings is 1. The van der Waals surface area contributed by atoms with E-state index in [2.05, 4.69) is 12.1 Å². The van der Waals surface area contributed by atoms with Crippen LogP contribution >= 0.6 is 0 Å². The molecule has 1 aliphatic heterocycles. The van der Waals surface area contributed by atoms with Crippen molar-refractivity contribution >= 4 is 11.7 Å². The number of carbonyl (C=O) groups excluding carboxylic acids is 2. The minimum Gasteiger partial charge on any atom is -0.342 e. The number of carbonyl (C=O) groups is 2. The quantitative estimate of drug-likeness (QED) is 0.746. The summed E-state index contributed by atoms with van der Waals surface area (Å²) in [5, 5.41) is 0. The minimum absolute atomic E-state index is 0.0315. The molecule has 0 N–H and O–H groups in total. The van der Waals surface area contributed by atoms with Crippen molar-refractivity contribution in [2.45, 2.75) is 25.7 Å². The number of Topliss-reactive ketones (excluding diaryl/α,β-unsaturated/α-hetero) is 1. The van der Waals surface area contributed by atoms with E-state index < -0.39 is 0 Å². The molecule has 3 nitrogen and oxygen atoms in total. The highest BCUT2D eigenvalue weighted by atomic mass is 16.2. The molecule has 1 amide bonds. The fourth-order valence-corrected chi connectivity index (χ4v) is 2.31. The van der Waals surface area contributed by atoms with Gasteiger partial charge in [0.25, 0.3) is 0 Å². The van der Waals surface area contributed by atoms with Crippen molar-refractivity contribution in [3.63, 3.8) is 0 Å². The summed E-state index contributed by atoms with van der Waals surface area (Å²) in [6, 6.07) is 10.2. The molecule has 0 aromatic heterocycles. The van der Waals surface area contributed by atoms with E-state index in [0.29, 0.717) is 5.92 Å². The molecule has 0 saturated carbocycles. The topological polar surface area (TPSA) is 37.4 Å². The standard InChI is InChI=1S/C14H17NO2/c1-11(16)9-14(17)15-8-7-13(10-15)12-5-3-2-4-6-12/h2-6,13H,7-10H2,1H3. The molecule has 0 spiro atoms. The molecule has 0 bridgehead atoms. The maximum atomic E-state index is 11.7. The van der Waals surface area contributed by atoms with E-state index in [4.69, 9.17) is 0 Å². The van der Waals surface area contributed by atoms with Gasteiger partial charge in [0.15, 0.2) is 0 Å². The zero-order valence-electron chi connectivity index (χ0n) is 10.1. The predicted octanol–water partition coefficient (Wildman–Crippen LogP) is 1.98. The van der Waals surface area contributed by atoms with Gasteiger partial charge in [-0.2, -0.15) is 0 Å². The van der Waals surface area contributed by atoms with Gasteiger partial charge in [0.2, 0.25) is 5.91 Å². The second-order valence-electron chi connectivity index (χ2n) is 4.61. The third-order valence-electron chi connectivity index (χ3n) is 3.21. The normalized spacial score (nSPS) is 19.4. The molecule has 1 saturated heterocycles. The highest BCUT2D eigenvalue weighted by molar-refractivity contribution is 5.96. The third kappa shape index (κ3) is 2.93. The van der Waals surface area contributed by atoms with Crippen molar-refractivity contribution in [3.8, 4) is 0 Å². The van der Waals surface area contributed by atoms with Gasteiger partial charge in [0, 0.05) is 19.0 Å². The second kappa shape index (κ2) is 5.13. The van der Waals surface area contributed by atoms with Crippen LogP contribution in [0, 0.1) is 0 Å². The van der Waals surface area contributed by atoms with Crippen LogP contribution in [0.5, 0.6) is 0 Å². The number of hydrogen-bond acceptors (Lipinski definition) is 2. The Hall–Kier alpha value is -1.64. The third-order valence-corrected chi connectivity index (χ3v) is 3.21. The lowest BCUT2D eigenvalue weighted by Crippen LogP contribution is -2.29. The van der Waals surface area contributed by atoms with Gasteiger partial charge in [-0.3, -0.25) is 9.59 Å². The molecule has 3 heteroatoms. The number of amides is 1. The smallest absolute Gasteiger partial charge is 0.230 e. The number of rotatable bonds is 3. The second-order valence-corrected chi connectivity index (χ2v) is 4.61. The molecule has 17 heavy (non-hydrogen) atoms. The van der Waals surface area contributed by atoms with E-state index in [0.717, 1.165) is 19.5 Å². The van der Waals surface area contributed by atoms with E-state index >= 15 is 0 Å². The van der Waals surface area contributed by atoms with Crippen molar-refractivity contribution in [2.75, 3.05) is 13.1 Å². The van der Waals surface area contributed by atoms with Gasteiger partial charge in [-0.15, -0.1) is 0 Å². The van der Waals surface area contributed by atoms with Crippen LogP contribution in [-0.2, 0) is 9.59 Å². The summed E-state index contributed by atoms with van der Waals surface area (Å²) in [6.07, 6.45) is 1.04. The Morgan fingerprint density at radius 1 is 1.29 bits per heavy atom. The van der Waals surface area contributed by atoms with Gasteiger partial charge in [-0.25, -0.2) is 0 Å². The average molecular weight is 231 g/mol. The Morgan fingerprint density at radius 2 is 2.00 bits per heavy atom. The number of ketones is 1. The van der Waals surface area contributed by atoms with Gasteiger partial charge in [-0.1, -0.05) is 30.3 Å². The number of hydrogen-bond donors (Lipinski definition) is 0. The van der Waals surface area contributed by atoms with Gasteiger partial charge in [0.1, 0.15) is 5.78 Å². The Kier molecular flexibility index (Phi) is 3.57. The first-order valence-electron chi connectivity index (χ1n) is 5.99. The van der Waals surface area contributed by atoms with E-state index in [1.165, 1.54) is 12.5 Å². The van der Waals surface area contributed by atoms with Crippen LogP contribution < -0.4 is 0 Å². The SMILES string of the molecule is CC(=O)CC(=O)N1CCC(c2ccccc2)C1. The summed E-state index contributed by atoms with van der Waals surface area (Å²) in [7, 11) is 0. The molecule has 1 aromatic rings. The summed E-state index contributed by atoms with van der Waals surface area (Å²) in [4.78, 5) is 24.5. The zero-order chi connectivity index (χ0) is 12.3. The van der Waals surface area contributed by atoms with Gasteiger partial charge in [0.05, 0.1) is 6.42 Å². The molecule has 0 aliphatic carbocycles. The summed E-state index contributed by atoms with van der Waals surface area (Å²) in [5.74, 6) is 0.334. The molecule has 1 fully saturated rings. The van der Waals surface area contributed by atoms with Gasteiger partial charge in [-0.05, 0) is 18.9 Å². The van der Waals surface area contributed by atoms with E-state index in [1.807, 2.05) is 18.2 Å². The van der Waals surface area contributed by atoms with Crippen molar-refractivity contribution in [3.05, 3.63) is 35.9 Å². The number of likely N-dealkylation sites (tertiary alicyclic amines) is 1. The lowest BCUT2D eigenvalue weighted by Gasteiger charge is -2.15. The van der Waals surface area contributed by atoms with Crippen LogP contribution in [0.3, 0.4) is 0 Å². The first-order chi connectivity index (χ1) is 8.16. The summed E-state index contributed by atoms with van der Waals surface area (Å²) in [5.41, 5.74) is 1.28. The first kappa shape index (κ1) is 11.8. The number of nitrogens with zero attached hydrogens (tertiary/aromatic N) is 1. The Labute approximate surface area is 101 Å². The molecule has 0 radical (unpaired) electrons. The zero-order valence-corrected chi connectivity index (χ0v) is 10.1. The van der Waals surface area contributed by atoms with Gasteiger partial charge >= 0.3 is 0 Å². The maximum absolute atomic E-state index is 11.7. The van der Waals surface area contributed by atoms with Crippen LogP contribution in [0.25, 0.3) is 0 Å². The summed E-state index contributed by atoms with van der Waals surface area (Å²) >= 11 is 0. The Balaban J connectivity index is 1.96. The molecule has 2 rings (SSSR count). The molecule has 1 aliphatic rings. The fourth-order valence-electron chi connectivity index (χ4n) is 2.31. The molecule has 1 heterocycles. The van der Waals surface area contributed by atoms with E-state index in [9.17, 15) is 9.59 Å². The lowest BCUT2D eigenvalue weighted by molar-refractivity contribution is -0.133. The van der Waals surface area contributed by atoms with Crippen LogP contribution in [0.15, 0.2) is 30.3 Å². The monoisotopic (exact) mass is 231 g/mol. The lowest BCUT2D eigenvalue weighted by atomic mass is 9.99. The largest absolute Gasteiger partial charge is 0.342 e. The van der Waals surface area contributed by atoms with Crippen LogP contribution in [0.4, 0.5) is 0 Å². The van der Waals surface area contributed by atoms with Gasteiger partial charge < -0.3 is 4.90 Å². The molecule has 1 atom stereocenters. The molecule has 90 valence electrons. The van der Waals surface area contributed by atoms with Crippen molar-refractivity contribution < 1.29 is 9.59 Å². The molecular formula is C14H17NO2. The molecular weight excluding hydrogens is 214 g/mol. The highest BCUT2D eigenvalue weighted by Crippen LogP contribution is 2.27. The predicted molar refractivity (Wildman–Crippen MR) is 65.7 cm³/mol. The van der Waals surface area contributed by atoms with Crippen molar-refractivity contribution in [1.82, 2.24) is 4.90 Å². The highest BCUT2D eigenvalue weighted by Gasteiger charge is 2.27. The van der Waals surface area contributed by atoms with Crippen LogP contribution in [0.1, 0.15) is 31.2 Å². The fraction of sp³-hybridized carbons (Fsp3) is 0.429. The maximum Gasteiger partial charge on any atom is 0.230 e. The summed E-state index contributed by atoms with van der Waals surface area (Å²) in [6.45, 7) is 2.98. The molecule has 1 aromatic carbocycles. The Bertz CT molecular complexity index is 413. The van der Waals surface area contributed by atoms with Crippen LogP contribution in [0.2, 0.25) is 0 Å². The Morgan fingerprint density at radius 3 is 2.65 bits per heavy atom. The van der Waals surface area contributed by atoms with Crippen molar-refractivity contribution in [2.24, 2.45) is 0 Å². The van der Waals surface area contributed by atoms with Crippen LogP contribution in [-0.4, -0.2) is 29.7 Å². The van der Waals surface area contributed by atoms with Crippen molar-refractivity contribution in [1.29, 1.82) is 0 Å². The first-order valence-corrected chi connectivity index (χ1v) is 5.99.